The Balaban J connectivity index is 1.87. The fourth-order valence-electron chi connectivity index (χ4n) is 2.73. The van der Waals surface area contributed by atoms with Crippen LogP contribution in [0, 0.1) is 0 Å². The third-order valence-electron chi connectivity index (χ3n) is 3.97. The number of aromatic amines is 1. The van der Waals surface area contributed by atoms with Crippen LogP contribution in [0.3, 0.4) is 0 Å². The molecule has 27 heavy (non-hydrogen) atoms. The number of rotatable bonds is 7. The van der Waals surface area contributed by atoms with E-state index in [4.69, 9.17) is 11.6 Å². The van der Waals surface area contributed by atoms with E-state index in [9.17, 15) is 14.7 Å². The number of carbonyl (C=O) groups is 1. The van der Waals surface area contributed by atoms with Crippen molar-refractivity contribution in [1.29, 1.82) is 0 Å². The molecule has 0 aliphatic rings. The smallest absolute Gasteiger partial charge is 0.309 e. The number of benzene rings is 2. The minimum atomic E-state index is -1.03. The molecule has 0 aliphatic heterocycles. The number of aromatic nitrogens is 2. The van der Waals surface area contributed by atoms with Gasteiger partial charge in [-0.2, -0.15) is 0 Å². The van der Waals surface area contributed by atoms with Gasteiger partial charge in [-0.15, -0.1) is 0 Å². The van der Waals surface area contributed by atoms with Gasteiger partial charge in [-0.05, 0) is 24.1 Å². The molecule has 0 saturated carbocycles. The van der Waals surface area contributed by atoms with Gasteiger partial charge < -0.3 is 15.4 Å². The molecule has 0 fully saturated rings. The number of nitrogens with zero attached hydrogens (tertiary/aromatic N) is 1. The van der Waals surface area contributed by atoms with Crippen molar-refractivity contribution in [3.05, 3.63) is 81.2 Å². The van der Waals surface area contributed by atoms with Gasteiger partial charge in [-0.25, -0.2) is 4.98 Å². The van der Waals surface area contributed by atoms with Gasteiger partial charge in [0.1, 0.15) is 0 Å². The van der Waals surface area contributed by atoms with E-state index in [0.29, 0.717) is 29.2 Å². The zero-order chi connectivity index (χ0) is 19.2. The third-order valence-corrected chi connectivity index (χ3v) is 4.20. The summed E-state index contributed by atoms with van der Waals surface area (Å²) in [6.07, 6.45) is 0.401. The van der Waals surface area contributed by atoms with Crippen molar-refractivity contribution < 1.29 is 9.90 Å². The van der Waals surface area contributed by atoms with Crippen molar-refractivity contribution in [2.75, 3.05) is 11.9 Å². The summed E-state index contributed by atoms with van der Waals surface area (Å²) in [5, 5.41) is 12.7. The Hall–Kier alpha value is -3.12. The second kappa shape index (κ2) is 8.51. The lowest BCUT2D eigenvalue weighted by atomic mass is 10.1. The molecular formula is C20H18ClN3O3. The van der Waals surface area contributed by atoms with Gasteiger partial charge in [-0.1, -0.05) is 54.1 Å². The van der Waals surface area contributed by atoms with Crippen molar-refractivity contribution in [1.82, 2.24) is 9.97 Å². The quantitative estimate of drug-likeness (QED) is 0.581. The number of aliphatic carboxylic acids is 1. The van der Waals surface area contributed by atoms with Crippen LogP contribution in [0.2, 0.25) is 5.02 Å². The SMILES string of the molecule is O=C(O)Cc1nc(NCCc2ccccc2)c(=O)[nH]c1-c1cccc(Cl)c1. The van der Waals surface area contributed by atoms with Gasteiger partial charge in [0, 0.05) is 17.1 Å². The van der Waals surface area contributed by atoms with E-state index in [1.54, 1.807) is 24.3 Å². The molecule has 0 aliphatic carbocycles. The molecule has 0 amide bonds. The predicted octanol–water partition coefficient (Wildman–Crippen LogP) is 3.37. The highest BCUT2D eigenvalue weighted by molar-refractivity contribution is 6.30. The highest BCUT2D eigenvalue weighted by Crippen LogP contribution is 2.23. The Bertz CT molecular complexity index is 1000. The maximum Gasteiger partial charge on any atom is 0.309 e. The van der Waals surface area contributed by atoms with E-state index in [1.165, 1.54) is 0 Å². The second-order valence-corrected chi connectivity index (χ2v) is 6.42. The molecule has 0 saturated heterocycles. The molecule has 3 N–H and O–H groups in total. The molecule has 0 atom stereocenters. The fourth-order valence-corrected chi connectivity index (χ4v) is 2.92. The van der Waals surface area contributed by atoms with Crippen LogP contribution in [0.15, 0.2) is 59.4 Å². The molecular weight excluding hydrogens is 366 g/mol. The highest BCUT2D eigenvalue weighted by atomic mass is 35.5. The van der Waals surface area contributed by atoms with Crippen molar-refractivity contribution in [3.63, 3.8) is 0 Å². The first kappa shape index (κ1) is 18.7. The number of anilines is 1. The highest BCUT2D eigenvalue weighted by Gasteiger charge is 2.15. The number of H-pyrrole nitrogens is 1. The molecule has 6 nitrogen and oxygen atoms in total. The molecule has 1 heterocycles. The summed E-state index contributed by atoms with van der Waals surface area (Å²) >= 11 is 6.01. The Morgan fingerprint density at radius 3 is 2.63 bits per heavy atom. The molecule has 138 valence electrons. The molecule has 0 radical (unpaired) electrons. The molecule has 3 rings (SSSR count). The Kier molecular flexibility index (Phi) is 5.88. The zero-order valence-electron chi connectivity index (χ0n) is 14.4. The van der Waals surface area contributed by atoms with E-state index in [1.807, 2.05) is 30.3 Å². The first-order valence-corrected chi connectivity index (χ1v) is 8.79. The maximum absolute atomic E-state index is 12.4. The first-order chi connectivity index (χ1) is 13.0. The van der Waals surface area contributed by atoms with Crippen LogP contribution in [0.4, 0.5) is 5.82 Å². The summed E-state index contributed by atoms with van der Waals surface area (Å²) in [6.45, 7) is 0.503. The fraction of sp³-hybridized carbons (Fsp3) is 0.150. The van der Waals surface area contributed by atoms with Crippen LogP contribution in [-0.4, -0.2) is 27.6 Å². The van der Waals surface area contributed by atoms with Crippen LogP contribution in [0.1, 0.15) is 11.3 Å². The van der Waals surface area contributed by atoms with Gasteiger partial charge >= 0.3 is 5.97 Å². The monoisotopic (exact) mass is 383 g/mol. The zero-order valence-corrected chi connectivity index (χ0v) is 15.2. The van der Waals surface area contributed by atoms with E-state index in [0.717, 1.165) is 5.56 Å². The lowest BCUT2D eigenvalue weighted by molar-refractivity contribution is -0.136. The van der Waals surface area contributed by atoms with E-state index in [2.05, 4.69) is 15.3 Å². The Morgan fingerprint density at radius 1 is 1.15 bits per heavy atom. The number of carboxylic acids is 1. The summed E-state index contributed by atoms with van der Waals surface area (Å²) in [7, 11) is 0. The lowest BCUT2D eigenvalue weighted by Crippen LogP contribution is -2.21. The maximum atomic E-state index is 12.4. The van der Waals surface area contributed by atoms with E-state index < -0.39 is 11.5 Å². The Labute approximate surface area is 160 Å². The number of nitrogens with one attached hydrogen (secondary N) is 2. The second-order valence-electron chi connectivity index (χ2n) is 5.98. The average molecular weight is 384 g/mol. The van der Waals surface area contributed by atoms with Crippen molar-refractivity contribution in [2.45, 2.75) is 12.8 Å². The number of hydrogen-bond donors (Lipinski definition) is 3. The van der Waals surface area contributed by atoms with Crippen LogP contribution < -0.4 is 10.9 Å². The molecule has 3 aromatic rings. The predicted molar refractivity (Wildman–Crippen MR) is 105 cm³/mol. The lowest BCUT2D eigenvalue weighted by Gasteiger charge is -2.11. The molecule has 2 aromatic carbocycles. The molecule has 0 unspecified atom stereocenters. The number of halogens is 1. The van der Waals surface area contributed by atoms with Gasteiger partial charge in [0.25, 0.3) is 5.56 Å². The molecule has 7 heteroatoms. The van der Waals surface area contributed by atoms with Crippen molar-refractivity contribution in [2.24, 2.45) is 0 Å². The van der Waals surface area contributed by atoms with Crippen LogP contribution >= 0.6 is 11.6 Å². The van der Waals surface area contributed by atoms with Crippen LogP contribution in [0.25, 0.3) is 11.3 Å². The van der Waals surface area contributed by atoms with Gasteiger partial charge in [-0.3, -0.25) is 9.59 Å². The number of carboxylic acid groups (broad SMARTS) is 1. The van der Waals surface area contributed by atoms with Gasteiger partial charge in [0.15, 0.2) is 5.82 Å². The summed E-state index contributed by atoms with van der Waals surface area (Å²) < 4.78 is 0. The van der Waals surface area contributed by atoms with Gasteiger partial charge in [0.05, 0.1) is 17.8 Å². The van der Waals surface area contributed by atoms with Crippen LogP contribution in [0.5, 0.6) is 0 Å². The first-order valence-electron chi connectivity index (χ1n) is 8.41. The standard InChI is InChI=1S/C20H18ClN3O3/c21-15-8-4-7-14(11-15)18-16(12-17(25)26)23-19(20(27)24-18)22-10-9-13-5-2-1-3-6-13/h1-8,11H,9-10,12H2,(H,22,23)(H,24,27)(H,25,26). The van der Waals surface area contributed by atoms with Crippen LogP contribution in [-0.2, 0) is 17.6 Å². The minimum Gasteiger partial charge on any atom is -0.481 e. The third kappa shape index (κ3) is 4.95. The van der Waals surface area contributed by atoms with E-state index >= 15 is 0 Å². The molecule has 0 spiro atoms. The van der Waals surface area contributed by atoms with E-state index in [-0.39, 0.29) is 17.9 Å². The Morgan fingerprint density at radius 2 is 1.93 bits per heavy atom. The average Bonchev–Trinajstić information content (AvgIpc) is 2.64. The van der Waals surface area contributed by atoms with Gasteiger partial charge in [0.2, 0.25) is 0 Å². The summed E-state index contributed by atoms with van der Waals surface area (Å²) in [5.74, 6) is -0.930. The topological polar surface area (TPSA) is 95.1 Å². The normalized spacial score (nSPS) is 10.6. The summed E-state index contributed by atoms with van der Waals surface area (Å²) in [5.41, 5.74) is 1.96. The number of hydrogen-bond acceptors (Lipinski definition) is 4. The molecule has 0 bridgehead atoms. The largest absolute Gasteiger partial charge is 0.481 e. The van der Waals surface area contributed by atoms with Crippen molar-refractivity contribution in [3.8, 4) is 11.3 Å². The summed E-state index contributed by atoms with van der Waals surface area (Å²) in [4.78, 5) is 30.7. The summed E-state index contributed by atoms with van der Waals surface area (Å²) in [6, 6.07) is 16.7. The molecule has 1 aromatic heterocycles. The minimum absolute atomic E-state index is 0.105. The van der Waals surface area contributed by atoms with Crippen molar-refractivity contribution >= 4 is 23.4 Å².